The van der Waals surface area contributed by atoms with Gasteiger partial charge in [0, 0.05) is 6.42 Å². The summed E-state index contributed by atoms with van der Waals surface area (Å²) < 4.78 is 0. The maximum absolute atomic E-state index is 10.5. The van der Waals surface area contributed by atoms with Crippen molar-refractivity contribution in [2.45, 2.75) is 12.8 Å². The first-order valence-corrected chi connectivity index (χ1v) is 5.62. The Kier molecular flexibility index (Phi) is 3.55. The lowest BCUT2D eigenvalue weighted by atomic mass is 10.0. The third-order valence-electron chi connectivity index (χ3n) is 2.66. The highest BCUT2D eigenvalue weighted by molar-refractivity contribution is 5.68. The van der Waals surface area contributed by atoms with E-state index in [1.54, 1.807) is 0 Å². The third-order valence-corrected chi connectivity index (χ3v) is 2.66. The fourth-order valence-corrected chi connectivity index (χ4v) is 1.79. The van der Waals surface area contributed by atoms with Crippen molar-refractivity contribution in [3.05, 3.63) is 60.2 Å². The van der Waals surface area contributed by atoms with Gasteiger partial charge in [0.25, 0.3) is 0 Å². The number of carbonyl (C=O) groups is 1. The van der Waals surface area contributed by atoms with Crippen LogP contribution in [0.2, 0.25) is 0 Å². The van der Waals surface area contributed by atoms with E-state index in [9.17, 15) is 4.79 Å². The first-order valence-electron chi connectivity index (χ1n) is 5.62. The highest BCUT2D eigenvalue weighted by Gasteiger charge is 2.01. The topological polar surface area (TPSA) is 37.3 Å². The van der Waals surface area contributed by atoms with Gasteiger partial charge in [0.05, 0.1) is 0 Å². The summed E-state index contributed by atoms with van der Waals surface area (Å²) in [6, 6.07) is 18.1. The Bertz CT molecular complexity index is 503. The Morgan fingerprint density at radius 1 is 0.941 bits per heavy atom. The quantitative estimate of drug-likeness (QED) is 0.867. The van der Waals surface area contributed by atoms with Gasteiger partial charge in [0.2, 0.25) is 0 Å². The minimum absolute atomic E-state index is 0.179. The lowest BCUT2D eigenvalue weighted by Gasteiger charge is -2.04. The monoisotopic (exact) mass is 226 g/mol. The number of benzene rings is 2. The molecule has 0 aliphatic carbocycles. The fraction of sp³-hybridized carbons (Fsp3) is 0.133. The van der Waals surface area contributed by atoms with E-state index in [0.29, 0.717) is 6.42 Å². The van der Waals surface area contributed by atoms with Gasteiger partial charge in [-0.05, 0) is 23.1 Å². The van der Waals surface area contributed by atoms with Gasteiger partial charge in [-0.2, -0.15) is 0 Å². The Hall–Kier alpha value is -2.09. The summed E-state index contributed by atoms with van der Waals surface area (Å²) in [5.74, 6) is -0.755. The molecule has 86 valence electrons. The summed E-state index contributed by atoms with van der Waals surface area (Å²) in [5, 5.41) is 8.66. The molecule has 0 atom stereocenters. The zero-order chi connectivity index (χ0) is 12.1. The molecule has 2 heteroatoms. The van der Waals surface area contributed by atoms with Crippen LogP contribution in [0.3, 0.4) is 0 Å². The lowest BCUT2D eigenvalue weighted by Crippen LogP contribution is -1.97. The van der Waals surface area contributed by atoms with Gasteiger partial charge in [0.1, 0.15) is 0 Å². The largest absolute Gasteiger partial charge is 0.481 e. The number of aryl methyl sites for hydroxylation is 1. The van der Waals surface area contributed by atoms with Crippen molar-refractivity contribution in [3.8, 4) is 11.1 Å². The number of carboxylic acid groups (broad SMARTS) is 1. The molecule has 2 nitrogen and oxygen atoms in total. The molecule has 2 rings (SSSR count). The Morgan fingerprint density at radius 2 is 1.65 bits per heavy atom. The van der Waals surface area contributed by atoms with Crippen LogP contribution in [0.15, 0.2) is 54.6 Å². The second-order valence-corrected chi connectivity index (χ2v) is 3.96. The minimum atomic E-state index is -0.755. The molecule has 0 aliphatic heterocycles. The number of aliphatic carboxylic acids is 1. The van der Waals surface area contributed by atoms with Gasteiger partial charge in [-0.25, -0.2) is 0 Å². The van der Waals surface area contributed by atoms with Gasteiger partial charge in [-0.1, -0.05) is 54.6 Å². The first-order chi connectivity index (χ1) is 8.25. The van der Waals surface area contributed by atoms with Crippen molar-refractivity contribution >= 4 is 5.97 Å². The van der Waals surface area contributed by atoms with E-state index in [1.807, 2.05) is 36.4 Å². The summed E-state index contributed by atoms with van der Waals surface area (Å²) in [5.41, 5.74) is 3.35. The molecule has 2 aromatic rings. The Labute approximate surface area is 101 Å². The molecule has 0 bridgehead atoms. The van der Waals surface area contributed by atoms with Crippen LogP contribution in [0.1, 0.15) is 12.0 Å². The SMILES string of the molecule is O=C(O)CCc1cccc(-c2ccccc2)c1. The molecule has 0 spiro atoms. The Morgan fingerprint density at radius 3 is 2.35 bits per heavy atom. The molecule has 0 saturated carbocycles. The molecule has 0 aliphatic rings. The molecule has 0 unspecified atom stereocenters. The van der Waals surface area contributed by atoms with Crippen molar-refractivity contribution in [3.63, 3.8) is 0 Å². The van der Waals surface area contributed by atoms with Crippen molar-refractivity contribution in [2.75, 3.05) is 0 Å². The van der Waals surface area contributed by atoms with Crippen LogP contribution in [-0.4, -0.2) is 11.1 Å². The second kappa shape index (κ2) is 5.30. The van der Waals surface area contributed by atoms with Crippen LogP contribution in [0.4, 0.5) is 0 Å². The smallest absolute Gasteiger partial charge is 0.303 e. The van der Waals surface area contributed by atoms with Gasteiger partial charge in [-0.15, -0.1) is 0 Å². The zero-order valence-corrected chi connectivity index (χ0v) is 9.47. The molecule has 0 heterocycles. The van der Waals surface area contributed by atoms with Crippen molar-refractivity contribution in [1.82, 2.24) is 0 Å². The summed E-state index contributed by atoms with van der Waals surface area (Å²) in [4.78, 5) is 10.5. The van der Waals surface area contributed by atoms with Gasteiger partial charge < -0.3 is 5.11 Å². The van der Waals surface area contributed by atoms with Crippen LogP contribution in [0.25, 0.3) is 11.1 Å². The molecule has 0 fully saturated rings. The number of carboxylic acids is 1. The average Bonchev–Trinajstić information content (AvgIpc) is 2.38. The van der Waals surface area contributed by atoms with Gasteiger partial charge in [0.15, 0.2) is 0 Å². The maximum atomic E-state index is 10.5. The van der Waals surface area contributed by atoms with Gasteiger partial charge in [-0.3, -0.25) is 4.79 Å². The molecule has 2 aromatic carbocycles. The average molecular weight is 226 g/mol. The number of hydrogen-bond donors (Lipinski definition) is 1. The molecule has 1 N–H and O–H groups in total. The summed E-state index contributed by atoms with van der Waals surface area (Å²) in [6.07, 6.45) is 0.758. The van der Waals surface area contributed by atoms with Crippen LogP contribution in [0.5, 0.6) is 0 Å². The van der Waals surface area contributed by atoms with E-state index in [-0.39, 0.29) is 6.42 Å². The third kappa shape index (κ3) is 3.18. The number of hydrogen-bond acceptors (Lipinski definition) is 1. The molecular formula is C15H14O2. The lowest BCUT2D eigenvalue weighted by molar-refractivity contribution is -0.136. The molecule has 0 radical (unpaired) electrons. The highest BCUT2D eigenvalue weighted by Crippen LogP contribution is 2.20. The molecule has 0 saturated heterocycles. The minimum Gasteiger partial charge on any atom is -0.481 e. The zero-order valence-electron chi connectivity index (χ0n) is 9.47. The fourth-order valence-electron chi connectivity index (χ4n) is 1.79. The van der Waals surface area contributed by atoms with E-state index in [0.717, 1.165) is 16.7 Å². The number of rotatable bonds is 4. The molecule has 0 aromatic heterocycles. The normalized spacial score (nSPS) is 10.1. The Balaban J connectivity index is 2.20. The highest BCUT2D eigenvalue weighted by atomic mass is 16.4. The maximum Gasteiger partial charge on any atom is 0.303 e. The van der Waals surface area contributed by atoms with Crippen molar-refractivity contribution in [2.24, 2.45) is 0 Å². The van der Waals surface area contributed by atoms with Crippen LogP contribution < -0.4 is 0 Å². The summed E-state index contributed by atoms with van der Waals surface area (Å²) in [7, 11) is 0. The predicted molar refractivity (Wildman–Crippen MR) is 67.8 cm³/mol. The summed E-state index contributed by atoms with van der Waals surface area (Å²) in [6.45, 7) is 0. The van der Waals surface area contributed by atoms with E-state index in [2.05, 4.69) is 18.2 Å². The van der Waals surface area contributed by atoms with Crippen molar-refractivity contribution < 1.29 is 9.90 Å². The molecule has 17 heavy (non-hydrogen) atoms. The standard InChI is InChI=1S/C15H14O2/c16-15(17)10-9-12-5-4-8-14(11-12)13-6-2-1-3-7-13/h1-8,11H,9-10H2,(H,16,17). The molecular weight excluding hydrogens is 212 g/mol. The van der Waals surface area contributed by atoms with E-state index in [4.69, 9.17) is 5.11 Å². The predicted octanol–water partition coefficient (Wildman–Crippen LogP) is 3.37. The summed E-state index contributed by atoms with van der Waals surface area (Å²) >= 11 is 0. The van der Waals surface area contributed by atoms with Gasteiger partial charge >= 0.3 is 5.97 Å². The molecule has 0 amide bonds. The van der Waals surface area contributed by atoms with E-state index in [1.165, 1.54) is 0 Å². The van der Waals surface area contributed by atoms with Crippen molar-refractivity contribution in [1.29, 1.82) is 0 Å². The van der Waals surface area contributed by atoms with E-state index < -0.39 is 5.97 Å². The first kappa shape index (κ1) is 11.4. The van der Waals surface area contributed by atoms with Crippen LogP contribution >= 0.6 is 0 Å². The van der Waals surface area contributed by atoms with E-state index >= 15 is 0 Å². The van der Waals surface area contributed by atoms with Crippen LogP contribution in [-0.2, 0) is 11.2 Å². The van der Waals surface area contributed by atoms with Crippen LogP contribution in [0, 0.1) is 0 Å². The second-order valence-electron chi connectivity index (χ2n) is 3.96.